The molecule has 1 fully saturated rings. The van der Waals surface area contributed by atoms with Crippen molar-refractivity contribution in [1.82, 2.24) is 5.32 Å². The Morgan fingerprint density at radius 3 is 2.90 bits per heavy atom. The zero-order chi connectivity index (χ0) is 14.2. The van der Waals surface area contributed by atoms with Crippen molar-refractivity contribution >= 4 is 0 Å². The summed E-state index contributed by atoms with van der Waals surface area (Å²) >= 11 is 0. The maximum absolute atomic E-state index is 5.78. The molecule has 0 radical (unpaired) electrons. The van der Waals surface area contributed by atoms with Crippen molar-refractivity contribution in [1.29, 1.82) is 0 Å². The van der Waals surface area contributed by atoms with Crippen LogP contribution < -0.4 is 5.32 Å². The average Bonchev–Trinajstić information content (AvgIpc) is 2.81. The molecule has 0 bridgehead atoms. The summed E-state index contributed by atoms with van der Waals surface area (Å²) in [5, 5.41) is 3.40. The van der Waals surface area contributed by atoms with Crippen molar-refractivity contribution in [2.24, 2.45) is 5.92 Å². The molecule has 2 rings (SSSR count). The highest BCUT2D eigenvalue weighted by molar-refractivity contribution is 5.20. The molecule has 1 saturated heterocycles. The lowest BCUT2D eigenvalue weighted by Gasteiger charge is -2.21. The highest BCUT2D eigenvalue weighted by Crippen LogP contribution is 2.18. The molecule has 1 aliphatic rings. The third-order valence-corrected chi connectivity index (χ3v) is 3.75. The number of aryl methyl sites for hydroxylation is 1. The molecular formula is C16H27NO3. The smallest absolute Gasteiger partial charge is 0.130 e. The second-order valence-electron chi connectivity index (χ2n) is 5.54. The molecule has 0 atom stereocenters. The Kier molecular flexibility index (Phi) is 6.57. The molecule has 0 aromatic carbocycles. The normalized spacial score (nSPS) is 16.7. The van der Waals surface area contributed by atoms with Crippen LogP contribution in [0.1, 0.15) is 43.3 Å². The Morgan fingerprint density at radius 2 is 2.15 bits per heavy atom. The fourth-order valence-corrected chi connectivity index (χ4v) is 2.47. The van der Waals surface area contributed by atoms with E-state index in [-0.39, 0.29) is 0 Å². The van der Waals surface area contributed by atoms with Crippen LogP contribution in [0.3, 0.4) is 0 Å². The molecule has 1 aromatic heterocycles. The van der Waals surface area contributed by atoms with E-state index in [0.717, 1.165) is 63.7 Å². The summed E-state index contributed by atoms with van der Waals surface area (Å²) in [5.74, 6) is 2.58. The Hall–Kier alpha value is -0.840. The van der Waals surface area contributed by atoms with Gasteiger partial charge in [-0.3, -0.25) is 0 Å². The Morgan fingerprint density at radius 1 is 1.35 bits per heavy atom. The Bertz CT molecular complexity index is 383. The van der Waals surface area contributed by atoms with Crippen LogP contribution in [-0.2, 0) is 22.6 Å². The molecule has 1 aromatic rings. The number of hydrogen-bond donors (Lipinski definition) is 1. The van der Waals surface area contributed by atoms with Gasteiger partial charge in [0.25, 0.3) is 0 Å². The van der Waals surface area contributed by atoms with Gasteiger partial charge in [-0.25, -0.2) is 0 Å². The van der Waals surface area contributed by atoms with E-state index in [4.69, 9.17) is 13.9 Å². The van der Waals surface area contributed by atoms with Crippen LogP contribution in [-0.4, -0.2) is 26.4 Å². The maximum atomic E-state index is 5.78. The van der Waals surface area contributed by atoms with Crippen molar-refractivity contribution in [3.8, 4) is 0 Å². The average molecular weight is 281 g/mol. The Balaban J connectivity index is 1.71. The molecule has 0 aliphatic carbocycles. The SMILES string of the molecule is CCCNCc1cc(COCC2CCOCC2)oc1C. The first-order chi connectivity index (χ1) is 9.79. The molecule has 20 heavy (non-hydrogen) atoms. The van der Waals surface area contributed by atoms with E-state index in [9.17, 15) is 0 Å². The largest absolute Gasteiger partial charge is 0.464 e. The van der Waals surface area contributed by atoms with E-state index < -0.39 is 0 Å². The first-order valence-corrected chi connectivity index (χ1v) is 7.74. The number of ether oxygens (including phenoxy) is 2. The monoisotopic (exact) mass is 281 g/mol. The summed E-state index contributed by atoms with van der Waals surface area (Å²) in [5.41, 5.74) is 1.24. The summed E-state index contributed by atoms with van der Waals surface area (Å²) in [6, 6.07) is 2.11. The second kappa shape index (κ2) is 8.45. The molecule has 0 unspecified atom stereocenters. The van der Waals surface area contributed by atoms with Gasteiger partial charge in [0.15, 0.2) is 0 Å². The molecule has 4 heteroatoms. The fraction of sp³-hybridized carbons (Fsp3) is 0.750. The van der Waals surface area contributed by atoms with Gasteiger partial charge in [-0.1, -0.05) is 6.92 Å². The summed E-state index contributed by atoms with van der Waals surface area (Å²) in [4.78, 5) is 0. The highest BCUT2D eigenvalue weighted by Gasteiger charge is 2.14. The molecule has 1 aliphatic heterocycles. The van der Waals surface area contributed by atoms with E-state index in [1.165, 1.54) is 5.56 Å². The van der Waals surface area contributed by atoms with E-state index in [2.05, 4.69) is 18.3 Å². The van der Waals surface area contributed by atoms with Crippen LogP contribution in [0.4, 0.5) is 0 Å². The van der Waals surface area contributed by atoms with Gasteiger partial charge >= 0.3 is 0 Å². The van der Waals surface area contributed by atoms with Crippen LogP contribution in [0.2, 0.25) is 0 Å². The zero-order valence-corrected chi connectivity index (χ0v) is 12.7. The third-order valence-electron chi connectivity index (χ3n) is 3.75. The predicted molar refractivity (Wildman–Crippen MR) is 78.6 cm³/mol. The van der Waals surface area contributed by atoms with Crippen LogP contribution >= 0.6 is 0 Å². The second-order valence-corrected chi connectivity index (χ2v) is 5.54. The standard InChI is InChI=1S/C16H27NO3/c1-3-6-17-10-15-9-16(20-13(15)2)12-19-11-14-4-7-18-8-5-14/h9,14,17H,3-8,10-12H2,1-2H3. The summed E-state index contributed by atoms with van der Waals surface area (Å²) < 4.78 is 16.9. The third kappa shape index (κ3) is 4.93. The molecule has 0 amide bonds. The van der Waals surface area contributed by atoms with Gasteiger partial charge in [-0.15, -0.1) is 0 Å². The zero-order valence-electron chi connectivity index (χ0n) is 12.7. The minimum absolute atomic E-state index is 0.575. The predicted octanol–water partition coefficient (Wildman–Crippen LogP) is 3.03. The van der Waals surface area contributed by atoms with Gasteiger partial charge in [-0.2, -0.15) is 0 Å². The van der Waals surface area contributed by atoms with Crippen molar-refractivity contribution in [2.75, 3.05) is 26.4 Å². The molecule has 0 saturated carbocycles. The van der Waals surface area contributed by atoms with E-state index >= 15 is 0 Å². The first kappa shape index (κ1) is 15.5. The Labute approximate surface area is 121 Å². The number of rotatable bonds is 8. The van der Waals surface area contributed by atoms with Crippen LogP contribution in [0, 0.1) is 12.8 Å². The summed E-state index contributed by atoms with van der Waals surface area (Å²) in [7, 11) is 0. The molecule has 1 N–H and O–H groups in total. The van der Waals surface area contributed by atoms with Crippen molar-refractivity contribution in [2.45, 2.75) is 46.3 Å². The lowest BCUT2D eigenvalue weighted by Crippen LogP contribution is -2.20. The van der Waals surface area contributed by atoms with Gasteiger partial charge in [-0.05, 0) is 44.7 Å². The molecule has 0 spiro atoms. The minimum atomic E-state index is 0.575. The number of hydrogen-bond acceptors (Lipinski definition) is 4. The summed E-state index contributed by atoms with van der Waals surface area (Å²) in [6.45, 7) is 9.25. The molecule has 114 valence electrons. The highest BCUT2D eigenvalue weighted by atomic mass is 16.5. The summed E-state index contributed by atoms with van der Waals surface area (Å²) in [6.07, 6.45) is 3.38. The quantitative estimate of drug-likeness (QED) is 0.744. The van der Waals surface area contributed by atoms with Crippen molar-refractivity contribution in [3.05, 3.63) is 23.2 Å². The molecular weight excluding hydrogens is 254 g/mol. The minimum Gasteiger partial charge on any atom is -0.464 e. The van der Waals surface area contributed by atoms with E-state index in [0.29, 0.717) is 12.5 Å². The van der Waals surface area contributed by atoms with Crippen LogP contribution in [0.25, 0.3) is 0 Å². The topological polar surface area (TPSA) is 43.6 Å². The van der Waals surface area contributed by atoms with Gasteiger partial charge in [0.2, 0.25) is 0 Å². The van der Waals surface area contributed by atoms with Gasteiger partial charge < -0.3 is 19.2 Å². The fourth-order valence-electron chi connectivity index (χ4n) is 2.47. The van der Waals surface area contributed by atoms with E-state index in [1.54, 1.807) is 0 Å². The lowest BCUT2D eigenvalue weighted by molar-refractivity contribution is 0.0118. The first-order valence-electron chi connectivity index (χ1n) is 7.74. The van der Waals surface area contributed by atoms with E-state index in [1.807, 2.05) is 6.92 Å². The van der Waals surface area contributed by atoms with Crippen LogP contribution in [0.15, 0.2) is 10.5 Å². The molecule has 2 heterocycles. The maximum Gasteiger partial charge on any atom is 0.130 e. The number of furan rings is 1. The van der Waals surface area contributed by atoms with Gasteiger partial charge in [0.1, 0.15) is 18.1 Å². The van der Waals surface area contributed by atoms with Gasteiger partial charge in [0.05, 0.1) is 6.61 Å². The lowest BCUT2D eigenvalue weighted by atomic mass is 10.0. The molecule has 4 nitrogen and oxygen atoms in total. The number of nitrogens with one attached hydrogen (secondary N) is 1. The van der Waals surface area contributed by atoms with Crippen molar-refractivity contribution < 1.29 is 13.9 Å². The van der Waals surface area contributed by atoms with Gasteiger partial charge in [0, 0.05) is 25.3 Å². The van der Waals surface area contributed by atoms with Crippen LogP contribution in [0.5, 0.6) is 0 Å². The van der Waals surface area contributed by atoms with Crippen molar-refractivity contribution in [3.63, 3.8) is 0 Å².